The van der Waals surface area contributed by atoms with E-state index in [4.69, 9.17) is 0 Å². The Hall–Kier alpha value is -0.130. The maximum atomic E-state index is 2.78. The van der Waals surface area contributed by atoms with Gasteiger partial charge in [-0.1, -0.05) is 72.2 Å². The first-order valence-electron chi connectivity index (χ1n) is 8.18. The minimum absolute atomic E-state index is 0.334. The van der Waals surface area contributed by atoms with Crippen molar-refractivity contribution in [3.05, 3.63) is 35.9 Å². The van der Waals surface area contributed by atoms with Crippen molar-refractivity contribution in [2.45, 2.75) is 37.6 Å². The summed E-state index contributed by atoms with van der Waals surface area (Å²) in [5, 5.41) is 0. The second kappa shape index (κ2) is 8.49. The molecule has 2 nitrogen and oxygen atoms in total. The standard InChI is InChI=1S/C17H26N2.CH3I/c1-18-12-14-19(15-13-18)17(10-6-3-7-11-17)16-8-4-2-5-9-16;1-2/h2,4-5,8-9H,3,6-7,10-15H2,1H3;1H3. The molecule has 0 radical (unpaired) electrons. The van der Waals surface area contributed by atoms with Gasteiger partial charge in [-0.05, 0) is 30.4 Å². The number of piperazine rings is 1. The first-order valence-corrected chi connectivity index (χ1v) is 10.3. The fourth-order valence-corrected chi connectivity index (χ4v) is 3.91. The van der Waals surface area contributed by atoms with Crippen molar-refractivity contribution >= 4 is 22.6 Å². The predicted molar refractivity (Wildman–Crippen MR) is 100 cm³/mol. The lowest BCUT2D eigenvalue weighted by molar-refractivity contribution is 0.0102. The molecule has 118 valence electrons. The summed E-state index contributed by atoms with van der Waals surface area (Å²) in [6.07, 6.45) is 6.90. The highest BCUT2D eigenvalue weighted by molar-refractivity contribution is 14.1. The Balaban J connectivity index is 0.000000774. The third-order valence-electron chi connectivity index (χ3n) is 5.10. The predicted octanol–water partition coefficient (Wildman–Crippen LogP) is 4.14. The quantitative estimate of drug-likeness (QED) is 0.544. The minimum atomic E-state index is 0.334. The van der Waals surface area contributed by atoms with Crippen molar-refractivity contribution in [1.29, 1.82) is 0 Å². The smallest absolute Gasteiger partial charge is 0.0461 e. The molecule has 1 heterocycles. The van der Waals surface area contributed by atoms with E-state index in [1.165, 1.54) is 58.3 Å². The largest absolute Gasteiger partial charge is 0.304 e. The average molecular weight is 400 g/mol. The summed E-state index contributed by atoms with van der Waals surface area (Å²) in [5.41, 5.74) is 1.89. The normalized spacial score (nSPS) is 23.2. The fourth-order valence-electron chi connectivity index (χ4n) is 3.91. The Bertz CT molecular complexity index is 393. The van der Waals surface area contributed by atoms with Gasteiger partial charge >= 0.3 is 0 Å². The SMILES string of the molecule is CI.CN1CCN(C2(c3ccccc3)CCCCC2)CC1. The van der Waals surface area contributed by atoms with Crippen LogP contribution in [0.1, 0.15) is 37.7 Å². The van der Waals surface area contributed by atoms with E-state index in [0.717, 1.165) is 0 Å². The van der Waals surface area contributed by atoms with Crippen LogP contribution in [0.5, 0.6) is 0 Å². The zero-order valence-corrected chi connectivity index (χ0v) is 15.7. The maximum Gasteiger partial charge on any atom is 0.0461 e. The molecule has 2 aliphatic rings. The molecule has 0 spiro atoms. The van der Waals surface area contributed by atoms with Gasteiger partial charge in [0.1, 0.15) is 0 Å². The monoisotopic (exact) mass is 400 g/mol. The number of hydrogen-bond donors (Lipinski definition) is 0. The molecule has 0 bridgehead atoms. The molecule has 1 aliphatic heterocycles. The molecule has 1 saturated heterocycles. The Morgan fingerprint density at radius 1 is 0.857 bits per heavy atom. The summed E-state index contributed by atoms with van der Waals surface area (Å²) in [5.74, 6) is 0. The summed E-state index contributed by atoms with van der Waals surface area (Å²) >= 11 is 2.15. The topological polar surface area (TPSA) is 6.48 Å². The molecule has 0 N–H and O–H groups in total. The molecule has 2 fully saturated rings. The van der Waals surface area contributed by atoms with E-state index in [1.807, 2.05) is 4.93 Å². The molecule has 3 rings (SSSR count). The van der Waals surface area contributed by atoms with Crippen LogP contribution in [-0.4, -0.2) is 48.0 Å². The average Bonchev–Trinajstić information content (AvgIpc) is 2.59. The van der Waals surface area contributed by atoms with Crippen LogP contribution in [0.3, 0.4) is 0 Å². The molecule has 0 unspecified atom stereocenters. The van der Waals surface area contributed by atoms with Gasteiger partial charge in [0.25, 0.3) is 0 Å². The first kappa shape index (κ1) is 17.2. The summed E-state index contributed by atoms with van der Waals surface area (Å²) in [6.45, 7) is 4.89. The lowest BCUT2D eigenvalue weighted by Crippen LogP contribution is -2.55. The first-order chi connectivity index (χ1) is 10.3. The molecule has 1 saturated carbocycles. The second-order valence-corrected chi connectivity index (χ2v) is 6.25. The van der Waals surface area contributed by atoms with Gasteiger partial charge in [0.2, 0.25) is 0 Å². The van der Waals surface area contributed by atoms with Gasteiger partial charge in [0.05, 0.1) is 0 Å². The van der Waals surface area contributed by atoms with Crippen LogP contribution < -0.4 is 0 Å². The highest BCUT2D eigenvalue weighted by Gasteiger charge is 2.40. The van der Waals surface area contributed by atoms with Crippen LogP contribution >= 0.6 is 22.6 Å². The number of benzene rings is 1. The van der Waals surface area contributed by atoms with E-state index in [1.54, 1.807) is 5.56 Å². The fraction of sp³-hybridized carbons (Fsp3) is 0.667. The van der Waals surface area contributed by atoms with Gasteiger partial charge in [-0.25, -0.2) is 0 Å². The van der Waals surface area contributed by atoms with Crippen LogP contribution in [0.4, 0.5) is 0 Å². The van der Waals surface area contributed by atoms with E-state index in [9.17, 15) is 0 Å². The number of halogens is 1. The van der Waals surface area contributed by atoms with Crippen molar-refractivity contribution in [3.8, 4) is 0 Å². The third-order valence-corrected chi connectivity index (χ3v) is 5.10. The summed E-state index contributed by atoms with van der Waals surface area (Å²) in [4.78, 5) is 7.21. The summed E-state index contributed by atoms with van der Waals surface area (Å²) in [6, 6.07) is 11.3. The van der Waals surface area contributed by atoms with Gasteiger partial charge in [-0.15, -0.1) is 0 Å². The molecular formula is C18H29IN2. The van der Waals surface area contributed by atoms with E-state index >= 15 is 0 Å². The number of nitrogens with zero attached hydrogens (tertiary/aromatic N) is 2. The second-order valence-electron chi connectivity index (χ2n) is 6.25. The molecule has 3 heteroatoms. The molecule has 0 atom stereocenters. The summed E-state index contributed by atoms with van der Waals surface area (Å²) < 4.78 is 0. The van der Waals surface area contributed by atoms with Crippen LogP contribution in [0.2, 0.25) is 0 Å². The maximum absolute atomic E-state index is 2.78. The molecular weight excluding hydrogens is 371 g/mol. The van der Waals surface area contributed by atoms with Crippen molar-refractivity contribution in [3.63, 3.8) is 0 Å². The Morgan fingerprint density at radius 2 is 1.43 bits per heavy atom. The van der Waals surface area contributed by atoms with Crippen LogP contribution in [0.15, 0.2) is 30.3 Å². The lowest BCUT2D eigenvalue weighted by atomic mass is 9.75. The molecule has 0 amide bonds. The van der Waals surface area contributed by atoms with E-state index < -0.39 is 0 Å². The Kier molecular flexibility index (Phi) is 6.96. The number of likely N-dealkylation sites (N-methyl/N-ethyl adjacent to an activating group) is 1. The van der Waals surface area contributed by atoms with Crippen LogP contribution in [0.25, 0.3) is 0 Å². The molecule has 1 aromatic rings. The van der Waals surface area contributed by atoms with Crippen molar-refractivity contribution in [1.82, 2.24) is 9.80 Å². The van der Waals surface area contributed by atoms with Crippen molar-refractivity contribution in [2.75, 3.05) is 38.2 Å². The third kappa shape index (κ3) is 3.99. The van der Waals surface area contributed by atoms with Gasteiger partial charge in [-0.2, -0.15) is 0 Å². The molecule has 1 aliphatic carbocycles. The number of hydrogen-bond acceptors (Lipinski definition) is 2. The molecule has 21 heavy (non-hydrogen) atoms. The lowest BCUT2D eigenvalue weighted by Gasteiger charge is -2.50. The van der Waals surface area contributed by atoms with Crippen LogP contribution in [0, 0.1) is 0 Å². The van der Waals surface area contributed by atoms with Gasteiger partial charge in [0.15, 0.2) is 0 Å². The highest BCUT2D eigenvalue weighted by Crippen LogP contribution is 2.42. The molecule has 0 aromatic heterocycles. The zero-order valence-electron chi connectivity index (χ0n) is 13.5. The zero-order chi connectivity index (χ0) is 15.1. The van der Waals surface area contributed by atoms with E-state index in [2.05, 4.69) is 69.8 Å². The summed E-state index contributed by atoms with van der Waals surface area (Å²) in [7, 11) is 2.24. The van der Waals surface area contributed by atoms with Gasteiger partial charge < -0.3 is 4.90 Å². The van der Waals surface area contributed by atoms with Crippen molar-refractivity contribution < 1.29 is 0 Å². The van der Waals surface area contributed by atoms with Crippen molar-refractivity contribution in [2.24, 2.45) is 0 Å². The number of alkyl halides is 1. The Labute approximate surface area is 144 Å². The minimum Gasteiger partial charge on any atom is -0.304 e. The molecule has 1 aromatic carbocycles. The Morgan fingerprint density at radius 3 is 2.00 bits per heavy atom. The van der Waals surface area contributed by atoms with E-state index in [0.29, 0.717) is 5.54 Å². The van der Waals surface area contributed by atoms with Gasteiger partial charge in [0, 0.05) is 31.7 Å². The number of rotatable bonds is 2. The highest BCUT2D eigenvalue weighted by atomic mass is 127. The van der Waals surface area contributed by atoms with E-state index in [-0.39, 0.29) is 0 Å². The van der Waals surface area contributed by atoms with Gasteiger partial charge in [-0.3, -0.25) is 4.90 Å². The van der Waals surface area contributed by atoms with Crippen LogP contribution in [-0.2, 0) is 5.54 Å².